The van der Waals surface area contributed by atoms with Gasteiger partial charge in [0.1, 0.15) is 24.0 Å². The van der Waals surface area contributed by atoms with Gasteiger partial charge in [-0.2, -0.15) is 0 Å². The van der Waals surface area contributed by atoms with Gasteiger partial charge in [-0.15, -0.1) is 10.2 Å². The van der Waals surface area contributed by atoms with Gasteiger partial charge in [-0.3, -0.25) is 4.79 Å². The number of aryl methyl sites for hydroxylation is 3. The number of morpholine rings is 1. The lowest BCUT2D eigenvalue weighted by atomic mass is 10.2. The minimum absolute atomic E-state index is 0.0230. The van der Waals surface area contributed by atoms with E-state index in [0.717, 1.165) is 18.1 Å². The molecule has 1 fully saturated rings. The fourth-order valence-corrected chi connectivity index (χ4v) is 2.76. The lowest BCUT2D eigenvalue weighted by Crippen LogP contribution is -2.43. The molecule has 0 aromatic carbocycles. The molecule has 118 valence electrons. The zero-order valence-electron chi connectivity index (χ0n) is 13.1. The lowest BCUT2D eigenvalue weighted by molar-refractivity contribution is -0.0284. The van der Waals surface area contributed by atoms with Crippen LogP contribution in [0.4, 0.5) is 0 Å². The van der Waals surface area contributed by atoms with E-state index in [1.807, 2.05) is 25.3 Å². The third kappa shape index (κ3) is 2.64. The summed E-state index contributed by atoms with van der Waals surface area (Å²) in [6.45, 7) is 7.98. The van der Waals surface area contributed by atoms with Crippen molar-refractivity contribution in [2.24, 2.45) is 0 Å². The van der Waals surface area contributed by atoms with Crippen molar-refractivity contribution in [1.82, 2.24) is 19.7 Å². The van der Waals surface area contributed by atoms with E-state index in [9.17, 15) is 4.79 Å². The van der Waals surface area contributed by atoms with Crippen molar-refractivity contribution in [3.63, 3.8) is 0 Å². The summed E-state index contributed by atoms with van der Waals surface area (Å²) < 4.78 is 13.2. The molecule has 1 atom stereocenters. The van der Waals surface area contributed by atoms with Crippen molar-refractivity contribution in [3.05, 3.63) is 35.3 Å². The molecule has 0 bridgehead atoms. The molecular weight excluding hydrogens is 284 g/mol. The van der Waals surface area contributed by atoms with E-state index in [1.54, 1.807) is 17.3 Å². The highest BCUT2D eigenvalue weighted by Crippen LogP contribution is 2.23. The van der Waals surface area contributed by atoms with Gasteiger partial charge in [0.2, 0.25) is 0 Å². The Hall–Kier alpha value is -2.15. The van der Waals surface area contributed by atoms with Gasteiger partial charge in [0, 0.05) is 13.1 Å². The summed E-state index contributed by atoms with van der Waals surface area (Å²) in [4.78, 5) is 14.5. The van der Waals surface area contributed by atoms with E-state index in [-0.39, 0.29) is 12.0 Å². The second-order valence-electron chi connectivity index (χ2n) is 5.41. The first kappa shape index (κ1) is 14.8. The third-order valence-electron chi connectivity index (χ3n) is 3.90. The fourth-order valence-electron chi connectivity index (χ4n) is 2.76. The molecule has 3 rings (SSSR count). The molecule has 1 aliphatic rings. The molecule has 1 amide bonds. The molecule has 1 saturated heterocycles. The maximum Gasteiger partial charge on any atom is 0.257 e. The SMILES string of the molecule is CCn1cnnc1C1CN(C(=O)c2cc(C)oc2C)CCO1. The lowest BCUT2D eigenvalue weighted by Gasteiger charge is -2.32. The van der Waals surface area contributed by atoms with Crippen molar-refractivity contribution in [2.45, 2.75) is 33.4 Å². The first-order valence-corrected chi connectivity index (χ1v) is 7.45. The third-order valence-corrected chi connectivity index (χ3v) is 3.90. The van der Waals surface area contributed by atoms with Crippen molar-refractivity contribution in [1.29, 1.82) is 0 Å². The average Bonchev–Trinajstić information content (AvgIpc) is 3.12. The number of ether oxygens (including phenoxy) is 1. The number of rotatable bonds is 3. The van der Waals surface area contributed by atoms with Gasteiger partial charge < -0.3 is 18.6 Å². The second kappa shape index (κ2) is 5.92. The van der Waals surface area contributed by atoms with Crippen LogP contribution >= 0.6 is 0 Å². The molecule has 2 aromatic heterocycles. The Morgan fingerprint density at radius 2 is 2.27 bits per heavy atom. The molecule has 0 spiro atoms. The normalized spacial score (nSPS) is 18.7. The highest BCUT2D eigenvalue weighted by Gasteiger charge is 2.30. The smallest absolute Gasteiger partial charge is 0.257 e. The van der Waals surface area contributed by atoms with E-state index in [1.165, 1.54) is 0 Å². The zero-order valence-corrected chi connectivity index (χ0v) is 13.1. The van der Waals surface area contributed by atoms with Crippen LogP contribution in [0.25, 0.3) is 0 Å². The molecular formula is C15H20N4O3. The van der Waals surface area contributed by atoms with E-state index in [0.29, 0.717) is 31.0 Å². The molecule has 1 unspecified atom stereocenters. The van der Waals surface area contributed by atoms with Crippen LogP contribution in [0, 0.1) is 13.8 Å². The first-order valence-electron chi connectivity index (χ1n) is 7.45. The molecule has 2 aromatic rings. The van der Waals surface area contributed by atoms with Crippen LogP contribution in [0.1, 0.15) is 40.7 Å². The quantitative estimate of drug-likeness (QED) is 0.863. The maximum absolute atomic E-state index is 12.7. The summed E-state index contributed by atoms with van der Waals surface area (Å²) in [6.07, 6.45) is 1.44. The number of nitrogens with zero attached hydrogens (tertiary/aromatic N) is 4. The Balaban J connectivity index is 1.78. The number of carbonyl (C=O) groups is 1. The standard InChI is InChI=1S/C15H20N4O3/c1-4-18-9-16-17-14(18)13-8-19(5-6-21-13)15(20)12-7-10(2)22-11(12)3/h7,9,13H,4-6,8H2,1-3H3. The van der Waals surface area contributed by atoms with Crippen LogP contribution in [-0.4, -0.2) is 45.3 Å². The number of hydrogen-bond acceptors (Lipinski definition) is 5. The Morgan fingerprint density at radius 1 is 1.45 bits per heavy atom. The highest BCUT2D eigenvalue weighted by molar-refractivity contribution is 5.95. The zero-order chi connectivity index (χ0) is 15.7. The minimum Gasteiger partial charge on any atom is -0.466 e. The molecule has 0 N–H and O–H groups in total. The monoisotopic (exact) mass is 304 g/mol. The van der Waals surface area contributed by atoms with Gasteiger partial charge in [0.05, 0.1) is 18.7 Å². The van der Waals surface area contributed by atoms with Gasteiger partial charge in [-0.1, -0.05) is 0 Å². The number of aromatic nitrogens is 3. The predicted molar refractivity (Wildman–Crippen MR) is 78.5 cm³/mol. The van der Waals surface area contributed by atoms with Crippen molar-refractivity contribution < 1.29 is 13.9 Å². The molecule has 7 nitrogen and oxygen atoms in total. The van der Waals surface area contributed by atoms with Crippen molar-refractivity contribution >= 4 is 5.91 Å². The van der Waals surface area contributed by atoms with Crippen LogP contribution < -0.4 is 0 Å². The van der Waals surface area contributed by atoms with E-state index >= 15 is 0 Å². The van der Waals surface area contributed by atoms with Crippen LogP contribution in [-0.2, 0) is 11.3 Å². The topological polar surface area (TPSA) is 73.4 Å². The summed E-state index contributed by atoms with van der Waals surface area (Å²) in [5.74, 6) is 2.14. The van der Waals surface area contributed by atoms with E-state index < -0.39 is 0 Å². The Labute approximate surface area is 128 Å². The second-order valence-corrected chi connectivity index (χ2v) is 5.41. The van der Waals surface area contributed by atoms with Crippen LogP contribution in [0.3, 0.4) is 0 Å². The first-order chi connectivity index (χ1) is 10.6. The largest absolute Gasteiger partial charge is 0.466 e. The van der Waals surface area contributed by atoms with Gasteiger partial charge in [0.15, 0.2) is 5.82 Å². The van der Waals surface area contributed by atoms with Crippen LogP contribution in [0.2, 0.25) is 0 Å². The summed E-state index contributed by atoms with van der Waals surface area (Å²) in [7, 11) is 0. The van der Waals surface area contributed by atoms with Crippen LogP contribution in [0.5, 0.6) is 0 Å². The number of hydrogen-bond donors (Lipinski definition) is 0. The van der Waals surface area contributed by atoms with Gasteiger partial charge in [-0.25, -0.2) is 0 Å². The van der Waals surface area contributed by atoms with Gasteiger partial charge >= 0.3 is 0 Å². The summed E-state index contributed by atoms with van der Waals surface area (Å²) in [6, 6.07) is 1.79. The van der Waals surface area contributed by atoms with E-state index in [4.69, 9.17) is 9.15 Å². The molecule has 0 aliphatic carbocycles. The van der Waals surface area contributed by atoms with Gasteiger partial charge in [-0.05, 0) is 26.8 Å². The predicted octanol–water partition coefficient (Wildman–Crippen LogP) is 1.72. The Kier molecular flexibility index (Phi) is 3.98. The molecule has 0 saturated carbocycles. The summed E-state index contributed by atoms with van der Waals surface area (Å²) in [5.41, 5.74) is 0.620. The van der Waals surface area contributed by atoms with Crippen LogP contribution in [0.15, 0.2) is 16.8 Å². The summed E-state index contributed by atoms with van der Waals surface area (Å²) in [5, 5.41) is 8.06. The number of amides is 1. The molecule has 22 heavy (non-hydrogen) atoms. The molecule has 0 radical (unpaired) electrons. The van der Waals surface area contributed by atoms with E-state index in [2.05, 4.69) is 10.2 Å². The van der Waals surface area contributed by atoms with Crippen molar-refractivity contribution in [2.75, 3.05) is 19.7 Å². The molecule has 7 heteroatoms. The number of furan rings is 1. The maximum atomic E-state index is 12.7. The molecule has 1 aliphatic heterocycles. The average molecular weight is 304 g/mol. The van der Waals surface area contributed by atoms with Gasteiger partial charge in [0.25, 0.3) is 5.91 Å². The Morgan fingerprint density at radius 3 is 2.95 bits per heavy atom. The Bertz CT molecular complexity index is 676. The molecule has 3 heterocycles. The van der Waals surface area contributed by atoms with Crippen molar-refractivity contribution in [3.8, 4) is 0 Å². The summed E-state index contributed by atoms with van der Waals surface area (Å²) >= 11 is 0. The fraction of sp³-hybridized carbons (Fsp3) is 0.533. The highest BCUT2D eigenvalue weighted by atomic mass is 16.5. The minimum atomic E-state index is -0.242. The number of carbonyl (C=O) groups excluding carboxylic acids is 1.